The molecule has 6 atom stereocenters. The number of hydrogen-bond acceptors (Lipinski definition) is 2. The third-order valence-corrected chi connectivity index (χ3v) is 6.90. The average Bonchev–Trinajstić information content (AvgIpc) is 2.50. The molecule has 1 aliphatic rings. The van der Waals surface area contributed by atoms with Crippen LogP contribution in [-0.4, -0.2) is 12.6 Å². The van der Waals surface area contributed by atoms with E-state index in [0.29, 0.717) is 35.2 Å². The summed E-state index contributed by atoms with van der Waals surface area (Å²) >= 11 is 0. The van der Waals surface area contributed by atoms with Gasteiger partial charge in [0.05, 0.1) is 12.5 Å². The smallest absolute Gasteiger partial charge is 0.309 e. The van der Waals surface area contributed by atoms with Gasteiger partial charge in [0.25, 0.3) is 0 Å². The van der Waals surface area contributed by atoms with E-state index in [1.807, 2.05) is 0 Å². The minimum Gasteiger partial charge on any atom is -0.465 e. The summed E-state index contributed by atoms with van der Waals surface area (Å²) in [7, 11) is 0. The molecule has 0 bridgehead atoms. The Morgan fingerprint density at radius 1 is 0.931 bits per heavy atom. The Balaban J connectivity index is 2.66. The lowest BCUT2D eigenvalue weighted by Gasteiger charge is -2.33. The minimum absolute atomic E-state index is 0.0695. The molecule has 2 nitrogen and oxygen atoms in total. The molecule has 0 N–H and O–H groups in total. The van der Waals surface area contributed by atoms with Gasteiger partial charge in [0.1, 0.15) is 0 Å². The first-order valence-electron chi connectivity index (χ1n) is 12.3. The summed E-state index contributed by atoms with van der Waals surface area (Å²) in [6.45, 7) is 23.8. The molecule has 0 radical (unpaired) electrons. The highest BCUT2D eigenvalue weighted by atomic mass is 16.5. The lowest BCUT2D eigenvalue weighted by molar-refractivity contribution is -0.154. The van der Waals surface area contributed by atoms with Crippen LogP contribution < -0.4 is 0 Å². The van der Waals surface area contributed by atoms with E-state index in [1.54, 1.807) is 0 Å². The third kappa shape index (κ3) is 10.9. The molecule has 29 heavy (non-hydrogen) atoms. The molecule has 0 heterocycles. The van der Waals surface area contributed by atoms with Crippen LogP contribution in [0.15, 0.2) is 0 Å². The van der Waals surface area contributed by atoms with Gasteiger partial charge in [-0.1, -0.05) is 75.7 Å². The SMILES string of the molecule is CC1CCC(C(=O)OCC(CCC(C)CC(C)(C)C)C(C)CC(C)(C)C)C(C)C1. The first-order chi connectivity index (χ1) is 13.2. The van der Waals surface area contributed by atoms with E-state index >= 15 is 0 Å². The molecule has 1 saturated carbocycles. The van der Waals surface area contributed by atoms with Crippen molar-refractivity contribution in [3.63, 3.8) is 0 Å². The minimum atomic E-state index is 0.0695. The van der Waals surface area contributed by atoms with Crippen molar-refractivity contribution in [3.05, 3.63) is 0 Å². The molecule has 0 saturated heterocycles. The number of hydrogen-bond donors (Lipinski definition) is 0. The Hall–Kier alpha value is -0.530. The summed E-state index contributed by atoms with van der Waals surface area (Å²) < 4.78 is 5.98. The van der Waals surface area contributed by atoms with Crippen LogP contribution >= 0.6 is 0 Å². The van der Waals surface area contributed by atoms with E-state index in [2.05, 4.69) is 69.2 Å². The largest absolute Gasteiger partial charge is 0.465 e. The second-order valence-corrected chi connectivity index (χ2v) is 13.1. The maximum atomic E-state index is 12.8. The fourth-order valence-corrected chi connectivity index (χ4v) is 5.62. The zero-order valence-electron chi connectivity index (χ0n) is 21.4. The number of esters is 1. The maximum absolute atomic E-state index is 12.8. The number of carbonyl (C=O) groups is 1. The predicted octanol–water partition coefficient (Wildman–Crippen LogP) is 8.14. The van der Waals surface area contributed by atoms with Gasteiger partial charge in [0.15, 0.2) is 0 Å². The van der Waals surface area contributed by atoms with Crippen molar-refractivity contribution >= 4 is 5.97 Å². The summed E-state index contributed by atoms with van der Waals surface area (Å²) in [5.41, 5.74) is 0.694. The second kappa shape index (κ2) is 11.2. The second-order valence-electron chi connectivity index (χ2n) is 13.1. The molecule has 2 heteroatoms. The summed E-state index contributed by atoms with van der Waals surface area (Å²) in [5, 5.41) is 0. The first kappa shape index (κ1) is 26.5. The van der Waals surface area contributed by atoms with Crippen molar-refractivity contribution in [1.29, 1.82) is 0 Å². The number of carbonyl (C=O) groups excluding carboxylic acids is 1. The van der Waals surface area contributed by atoms with Gasteiger partial charge in [0.2, 0.25) is 0 Å². The molecule has 0 spiro atoms. The number of ether oxygens (including phenoxy) is 1. The first-order valence-corrected chi connectivity index (χ1v) is 12.3. The third-order valence-electron chi connectivity index (χ3n) is 6.90. The standard InChI is InChI=1S/C27H52O2/c1-19-12-14-24(21(3)15-19)25(28)29-18-23(22(4)17-27(8,9)10)13-11-20(2)16-26(5,6)7/h19-24H,11-18H2,1-10H3. The molecule has 172 valence electrons. The number of rotatable bonds is 9. The lowest BCUT2D eigenvalue weighted by atomic mass is 9.75. The summed E-state index contributed by atoms with van der Waals surface area (Å²) in [6.07, 6.45) is 8.16. The molecule has 1 fully saturated rings. The van der Waals surface area contributed by atoms with Gasteiger partial charge in [-0.05, 0) is 78.9 Å². The van der Waals surface area contributed by atoms with E-state index in [-0.39, 0.29) is 11.9 Å². The maximum Gasteiger partial charge on any atom is 0.309 e. The van der Waals surface area contributed by atoms with Gasteiger partial charge < -0.3 is 4.74 Å². The van der Waals surface area contributed by atoms with Crippen LogP contribution in [0.25, 0.3) is 0 Å². The highest BCUT2D eigenvalue weighted by molar-refractivity contribution is 5.72. The zero-order chi connectivity index (χ0) is 22.4. The van der Waals surface area contributed by atoms with Crippen molar-refractivity contribution in [1.82, 2.24) is 0 Å². The van der Waals surface area contributed by atoms with Crippen LogP contribution in [0.3, 0.4) is 0 Å². The quantitative estimate of drug-likeness (QED) is 0.360. The summed E-state index contributed by atoms with van der Waals surface area (Å²) in [6, 6.07) is 0. The van der Waals surface area contributed by atoms with Crippen molar-refractivity contribution < 1.29 is 9.53 Å². The lowest BCUT2D eigenvalue weighted by Crippen LogP contribution is -2.32. The average molecular weight is 409 g/mol. The van der Waals surface area contributed by atoms with Gasteiger partial charge in [0, 0.05) is 0 Å². The van der Waals surface area contributed by atoms with Gasteiger partial charge >= 0.3 is 5.97 Å². The van der Waals surface area contributed by atoms with Crippen molar-refractivity contribution in [2.45, 2.75) is 114 Å². The Bertz CT molecular complexity index is 482. The summed E-state index contributed by atoms with van der Waals surface area (Å²) in [4.78, 5) is 12.8. The Morgan fingerprint density at radius 3 is 2.03 bits per heavy atom. The molecular formula is C27H52O2. The Kier molecular flexibility index (Phi) is 10.2. The Labute approximate surface area is 182 Å². The van der Waals surface area contributed by atoms with Crippen LogP contribution in [-0.2, 0) is 9.53 Å². The molecule has 1 rings (SSSR count). The van der Waals surface area contributed by atoms with Crippen LogP contribution in [0.5, 0.6) is 0 Å². The van der Waals surface area contributed by atoms with E-state index in [4.69, 9.17) is 4.74 Å². The highest BCUT2D eigenvalue weighted by Gasteiger charge is 2.33. The molecule has 6 unspecified atom stereocenters. The monoisotopic (exact) mass is 408 g/mol. The fraction of sp³-hybridized carbons (Fsp3) is 0.963. The van der Waals surface area contributed by atoms with Crippen molar-refractivity contribution in [2.75, 3.05) is 6.61 Å². The van der Waals surface area contributed by atoms with Crippen LogP contribution in [0.4, 0.5) is 0 Å². The topological polar surface area (TPSA) is 26.3 Å². The molecule has 0 amide bonds. The fourth-order valence-electron chi connectivity index (χ4n) is 5.62. The van der Waals surface area contributed by atoms with E-state index < -0.39 is 0 Å². The Morgan fingerprint density at radius 2 is 1.52 bits per heavy atom. The summed E-state index contributed by atoms with van der Waals surface area (Å²) in [5.74, 6) is 3.16. The van der Waals surface area contributed by atoms with Gasteiger partial charge in [-0.15, -0.1) is 0 Å². The normalized spacial score (nSPS) is 26.6. The van der Waals surface area contributed by atoms with Crippen molar-refractivity contribution in [2.24, 2.45) is 46.3 Å². The molecule has 0 aliphatic heterocycles. The molecule has 0 aromatic carbocycles. The van der Waals surface area contributed by atoms with Crippen LogP contribution in [0.2, 0.25) is 0 Å². The van der Waals surface area contributed by atoms with E-state index in [1.165, 1.54) is 25.7 Å². The highest BCUT2D eigenvalue weighted by Crippen LogP contribution is 2.36. The molecular weight excluding hydrogens is 356 g/mol. The van der Waals surface area contributed by atoms with E-state index in [0.717, 1.165) is 31.1 Å². The van der Waals surface area contributed by atoms with Crippen LogP contribution in [0, 0.1) is 46.3 Å². The van der Waals surface area contributed by atoms with Gasteiger partial charge in [-0.3, -0.25) is 4.79 Å². The molecule has 0 aromatic heterocycles. The van der Waals surface area contributed by atoms with Gasteiger partial charge in [-0.2, -0.15) is 0 Å². The zero-order valence-corrected chi connectivity index (χ0v) is 21.4. The molecule has 0 aromatic rings. The predicted molar refractivity (Wildman–Crippen MR) is 126 cm³/mol. The van der Waals surface area contributed by atoms with E-state index in [9.17, 15) is 4.79 Å². The molecule has 1 aliphatic carbocycles. The van der Waals surface area contributed by atoms with Crippen molar-refractivity contribution in [3.8, 4) is 0 Å². The van der Waals surface area contributed by atoms with Gasteiger partial charge in [-0.25, -0.2) is 0 Å². The van der Waals surface area contributed by atoms with Crippen LogP contribution in [0.1, 0.15) is 114 Å².